The van der Waals surface area contributed by atoms with E-state index in [4.69, 9.17) is 0 Å². The standard InChI is InChI=1S/C11H16F3N2O2PS/c1-4-7-6-20-10(15-7)16-9(17)5-8(11(12,13)14)19(2,3)18/h6,8H,4-5H2,1-3H3,(H,15,16,17). The number of amides is 1. The van der Waals surface area contributed by atoms with E-state index < -0.39 is 31.3 Å². The fourth-order valence-electron chi connectivity index (χ4n) is 1.56. The largest absolute Gasteiger partial charge is 0.398 e. The van der Waals surface area contributed by atoms with Crippen molar-refractivity contribution in [2.75, 3.05) is 18.6 Å². The number of hydrogen-bond donors (Lipinski definition) is 1. The van der Waals surface area contributed by atoms with Crippen molar-refractivity contribution in [2.24, 2.45) is 0 Å². The van der Waals surface area contributed by atoms with E-state index in [-0.39, 0.29) is 5.13 Å². The number of hydrogen-bond acceptors (Lipinski definition) is 4. The lowest BCUT2D eigenvalue weighted by molar-refractivity contribution is -0.139. The molecule has 0 aromatic carbocycles. The maximum Gasteiger partial charge on any atom is 0.398 e. The molecule has 0 saturated carbocycles. The summed E-state index contributed by atoms with van der Waals surface area (Å²) in [7, 11) is -3.46. The molecule has 0 aliphatic rings. The molecule has 9 heteroatoms. The van der Waals surface area contributed by atoms with Crippen LogP contribution in [0.25, 0.3) is 0 Å². The highest BCUT2D eigenvalue weighted by Gasteiger charge is 2.47. The molecule has 4 nitrogen and oxygen atoms in total. The third-order valence-corrected chi connectivity index (χ3v) is 5.45. The minimum absolute atomic E-state index is 0.259. The molecule has 1 N–H and O–H groups in total. The molecule has 0 aliphatic carbocycles. The average Bonchev–Trinajstić information content (AvgIpc) is 2.70. The van der Waals surface area contributed by atoms with Gasteiger partial charge in [-0.15, -0.1) is 11.3 Å². The molecule has 1 unspecified atom stereocenters. The van der Waals surface area contributed by atoms with Crippen molar-refractivity contribution in [1.29, 1.82) is 0 Å². The van der Waals surface area contributed by atoms with E-state index in [1.807, 2.05) is 6.92 Å². The lowest BCUT2D eigenvalue weighted by atomic mass is 10.3. The van der Waals surface area contributed by atoms with Crippen LogP contribution in [-0.2, 0) is 15.8 Å². The lowest BCUT2D eigenvalue weighted by Crippen LogP contribution is -2.32. The summed E-state index contributed by atoms with van der Waals surface area (Å²) in [5.41, 5.74) is -1.37. The van der Waals surface area contributed by atoms with Gasteiger partial charge in [0.05, 0.1) is 12.8 Å². The molecule has 20 heavy (non-hydrogen) atoms. The SMILES string of the molecule is CCc1csc(NC(=O)CC(C(F)(F)F)P(C)(C)=O)n1. The Labute approximate surface area is 119 Å². The van der Waals surface area contributed by atoms with Crippen LogP contribution in [0.15, 0.2) is 5.38 Å². The van der Waals surface area contributed by atoms with Gasteiger partial charge in [0.1, 0.15) is 5.66 Å². The summed E-state index contributed by atoms with van der Waals surface area (Å²) in [4.78, 5) is 15.7. The summed E-state index contributed by atoms with van der Waals surface area (Å²) >= 11 is 1.15. The van der Waals surface area contributed by atoms with Crippen LogP contribution >= 0.6 is 18.5 Å². The minimum atomic E-state index is -4.66. The molecular formula is C11H16F3N2O2PS. The maximum atomic E-state index is 12.8. The number of anilines is 1. The van der Waals surface area contributed by atoms with Gasteiger partial charge in [0.15, 0.2) is 5.13 Å². The van der Waals surface area contributed by atoms with Crippen molar-refractivity contribution in [3.05, 3.63) is 11.1 Å². The summed E-state index contributed by atoms with van der Waals surface area (Å²) in [6.45, 7) is 3.96. The lowest BCUT2D eigenvalue weighted by Gasteiger charge is -2.23. The molecule has 114 valence electrons. The monoisotopic (exact) mass is 328 g/mol. The summed E-state index contributed by atoms with van der Waals surface area (Å²) < 4.78 is 50.1. The highest BCUT2D eigenvalue weighted by Crippen LogP contribution is 2.51. The number of halogens is 3. The Morgan fingerprint density at radius 2 is 2.10 bits per heavy atom. The zero-order chi connectivity index (χ0) is 15.6. The summed E-state index contributed by atoms with van der Waals surface area (Å²) in [6.07, 6.45) is -4.83. The van der Waals surface area contributed by atoms with Gasteiger partial charge in [0.25, 0.3) is 0 Å². The Balaban J connectivity index is 2.75. The number of rotatable bonds is 5. The highest BCUT2D eigenvalue weighted by atomic mass is 32.1. The quantitative estimate of drug-likeness (QED) is 0.840. The van der Waals surface area contributed by atoms with Crippen LogP contribution in [0.3, 0.4) is 0 Å². The van der Waals surface area contributed by atoms with E-state index in [1.54, 1.807) is 5.38 Å². The molecule has 1 rings (SSSR count). The average molecular weight is 328 g/mol. The summed E-state index contributed by atoms with van der Waals surface area (Å²) in [5, 5.41) is 4.30. The molecule has 0 spiro atoms. The van der Waals surface area contributed by atoms with Crippen molar-refractivity contribution in [1.82, 2.24) is 4.98 Å². The first kappa shape index (κ1) is 17.2. The second-order valence-electron chi connectivity index (χ2n) is 4.74. The van der Waals surface area contributed by atoms with E-state index >= 15 is 0 Å². The number of nitrogens with zero attached hydrogens (tertiary/aromatic N) is 1. The number of nitrogens with one attached hydrogen (secondary N) is 1. The molecule has 1 aromatic rings. The van der Waals surface area contributed by atoms with E-state index in [9.17, 15) is 22.5 Å². The van der Waals surface area contributed by atoms with Crippen molar-refractivity contribution in [2.45, 2.75) is 31.6 Å². The molecule has 0 bridgehead atoms. The fraction of sp³-hybridized carbons (Fsp3) is 0.636. The molecule has 0 saturated heterocycles. The second kappa shape index (κ2) is 6.26. The predicted molar refractivity (Wildman–Crippen MR) is 74.0 cm³/mol. The number of carbonyl (C=O) groups is 1. The van der Waals surface area contributed by atoms with Gasteiger partial charge in [-0.2, -0.15) is 13.2 Å². The maximum absolute atomic E-state index is 12.8. The molecule has 0 aliphatic heterocycles. The van der Waals surface area contributed by atoms with Gasteiger partial charge in [0.2, 0.25) is 5.91 Å². The fourth-order valence-corrected chi connectivity index (χ4v) is 3.68. The molecule has 0 radical (unpaired) electrons. The van der Waals surface area contributed by atoms with Crippen molar-refractivity contribution >= 4 is 29.5 Å². The summed E-state index contributed by atoms with van der Waals surface area (Å²) in [6, 6.07) is 0. The Morgan fingerprint density at radius 3 is 2.50 bits per heavy atom. The third-order valence-electron chi connectivity index (χ3n) is 2.67. The van der Waals surface area contributed by atoms with Crippen molar-refractivity contribution in [3.8, 4) is 0 Å². The van der Waals surface area contributed by atoms with Gasteiger partial charge in [-0.1, -0.05) is 6.92 Å². The predicted octanol–water partition coefficient (Wildman–Crippen LogP) is 3.59. The van der Waals surface area contributed by atoms with Gasteiger partial charge in [0, 0.05) is 11.8 Å². The molecule has 1 aromatic heterocycles. The first-order valence-corrected chi connectivity index (χ1v) is 9.44. The molecule has 1 atom stereocenters. The zero-order valence-corrected chi connectivity index (χ0v) is 13.0. The second-order valence-corrected chi connectivity index (χ2v) is 9.09. The summed E-state index contributed by atoms with van der Waals surface area (Å²) in [5.74, 6) is -0.826. The van der Waals surface area contributed by atoms with Crippen molar-refractivity contribution in [3.63, 3.8) is 0 Å². The number of aryl methyl sites for hydroxylation is 1. The van der Waals surface area contributed by atoms with Crippen LogP contribution in [0, 0.1) is 0 Å². The number of alkyl halides is 3. The van der Waals surface area contributed by atoms with E-state index in [0.29, 0.717) is 6.42 Å². The Hall–Kier alpha value is -0.880. The molecule has 1 heterocycles. The first-order valence-electron chi connectivity index (χ1n) is 5.89. The minimum Gasteiger partial charge on any atom is -0.323 e. The molecule has 0 fully saturated rings. The Kier molecular flexibility index (Phi) is 5.38. The van der Waals surface area contributed by atoms with Crippen molar-refractivity contribution < 1.29 is 22.5 Å². The normalized spacial score (nSPS) is 14.1. The zero-order valence-electron chi connectivity index (χ0n) is 11.3. The van der Waals surface area contributed by atoms with Gasteiger partial charge >= 0.3 is 6.18 Å². The Bertz CT molecular complexity index is 524. The first-order chi connectivity index (χ1) is 9.04. The van der Waals surface area contributed by atoms with E-state index in [0.717, 1.165) is 30.4 Å². The van der Waals surface area contributed by atoms with Gasteiger partial charge < -0.3 is 9.88 Å². The third kappa shape index (κ3) is 4.90. The van der Waals surface area contributed by atoms with Crippen LogP contribution in [-0.4, -0.2) is 36.1 Å². The number of carbonyl (C=O) groups excluding carboxylic acids is 1. The van der Waals surface area contributed by atoms with Gasteiger partial charge in [-0.3, -0.25) is 4.79 Å². The van der Waals surface area contributed by atoms with Gasteiger partial charge in [-0.25, -0.2) is 4.98 Å². The van der Waals surface area contributed by atoms with Crippen LogP contribution in [0.1, 0.15) is 19.0 Å². The van der Waals surface area contributed by atoms with E-state index in [2.05, 4.69) is 10.3 Å². The van der Waals surface area contributed by atoms with Crippen LogP contribution < -0.4 is 5.32 Å². The van der Waals surface area contributed by atoms with Crippen LogP contribution in [0.2, 0.25) is 0 Å². The smallest absolute Gasteiger partial charge is 0.323 e. The Morgan fingerprint density at radius 1 is 1.50 bits per heavy atom. The molecular weight excluding hydrogens is 312 g/mol. The van der Waals surface area contributed by atoms with Crippen LogP contribution in [0.4, 0.5) is 18.3 Å². The van der Waals surface area contributed by atoms with Gasteiger partial charge in [-0.05, 0) is 19.8 Å². The highest BCUT2D eigenvalue weighted by molar-refractivity contribution is 7.63. The van der Waals surface area contributed by atoms with E-state index in [1.165, 1.54) is 0 Å². The number of thiazole rings is 1. The number of aromatic nitrogens is 1. The molecule has 1 amide bonds. The van der Waals surface area contributed by atoms with Crippen LogP contribution in [0.5, 0.6) is 0 Å². The topological polar surface area (TPSA) is 59.1 Å².